The Morgan fingerprint density at radius 2 is 1.12 bits per heavy atom. The second kappa shape index (κ2) is 20.3. The first-order valence-electron chi connectivity index (χ1n) is 10.6. The number of carbonyl (C=O) groups is 1. The van der Waals surface area contributed by atoms with Gasteiger partial charge in [-0.2, -0.15) is 0 Å². The van der Waals surface area contributed by atoms with Gasteiger partial charge in [0.1, 0.15) is 0 Å². The normalized spacial score (nSPS) is 11.2. The topological polar surface area (TPSA) is 26.3 Å². The fraction of sp³-hybridized carbons (Fsp3) is 0.864. The number of ether oxygens (including phenoxy) is 1. The van der Waals surface area contributed by atoms with E-state index < -0.39 is 0 Å². The van der Waals surface area contributed by atoms with Crippen molar-refractivity contribution in [2.75, 3.05) is 6.61 Å². The van der Waals surface area contributed by atoms with Crippen LogP contribution < -0.4 is 0 Å². The van der Waals surface area contributed by atoms with Crippen molar-refractivity contribution in [1.29, 1.82) is 0 Å². The van der Waals surface area contributed by atoms with E-state index >= 15 is 0 Å². The minimum absolute atomic E-state index is 0.0325. The molecule has 0 amide bonds. The van der Waals surface area contributed by atoms with Gasteiger partial charge in [0, 0.05) is 6.42 Å². The van der Waals surface area contributed by atoms with E-state index in [1.165, 1.54) is 89.9 Å². The summed E-state index contributed by atoms with van der Waals surface area (Å²) < 4.78 is 4.93. The van der Waals surface area contributed by atoms with E-state index in [2.05, 4.69) is 19.1 Å². The third-order valence-corrected chi connectivity index (χ3v) is 4.46. The van der Waals surface area contributed by atoms with Crippen molar-refractivity contribution in [2.45, 2.75) is 117 Å². The number of carbonyl (C=O) groups excluding carboxylic acids is 1. The van der Waals surface area contributed by atoms with Crippen LogP contribution in [0.2, 0.25) is 0 Å². The van der Waals surface area contributed by atoms with Crippen LogP contribution in [0.3, 0.4) is 0 Å². The lowest BCUT2D eigenvalue weighted by atomic mass is 10.0. The molecule has 0 unspecified atom stereocenters. The Kier molecular flexibility index (Phi) is 19.6. The molecule has 0 radical (unpaired) electrons. The Hall–Kier alpha value is -0.790. The van der Waals surface area contributed by atoms with E-state index in [0.29, 0.717) is 13.0 Å². The van der Waals surface area contributed by atoms with Crippen molar-refractivity contribution in [3.63, 3.8) is 0 Å². The summed E-state index contributed by atoms with van der Waals surface area (Å²) in [5, 5.41) is 0. The number of unbranched alkanes of at least 4 members (excludes halogenated alkanes) is 13. The van der Waals surface area contributed by atoms with Crippen LogP contribution in [0.5, 0.6) is 0 Å². The number of esters is 1. The van der Waals surface area contributed by atoms with Gasteiger partial charge in [0.2, 0.25) is 0 Å². The van der Waals surface area contributed by atoms with Gasteiger partial charge in [-0.05, 0) is 32.6 Å². The Balaban J connectivity index is 3.05. The van der Waals surface area contributed by atoms with Crippen molar-refractivity contribution in [3.05, 3.63) is 12.2 Å². The zero-order chi connectivity index (χ0) is 17.7. The second-order valence-corrected chi connectivity index (χ2v) is 6.82. The molecule has 0 aliphatic carbocycles. The molecule has 2 nitrogen and oxygen atoms in total. The Morgan fingerprint density at radius 3 is 1.58 bits per heavy atom. The predicted molar refractivity (Wildman–Crippen MR) is 105 cm³/mol. The van der Waals surface area contributed by atoms with E-state index in [1.54, 1.807) is 0 Å². The molecule has 0 rings (SSSR count). The molecule has 0 saturated heterocycles. The lowest BCUT2D eigenvalue weighted by molar-refractivity contribution is -0.143. The molecule has 0 spiro atoms. The van der Waals surface area contributed by atoms with Gasteiger partial charge in [-0.25, -0.2) is 0 Å². The molecule has 0 bridgehead atoms. The first-order valence-corrected chi connectivity index (χ1v) is 10.6. The molecule has 0 aromatic heterocycles. The lowest BCUT2D eigenvalue weighted by Gasteiger charge is -2.03. The maximum Gasteiger partial charge on any atom is 0.305 e. The van der Waals surface area contributed by atoms with E-state index in [-0.39, 0.29) is 5.97 Å². The van der Waals surface area contributed by atoms with Gasteiger partial charge in [-0.15, -0.1) is 0 Å². The third-order valence-electron chi connectivity index (χ3n) is 4.46. The fourth-order valence-electron chi connectivity index (χ4n) is 2.99. The first kappa shape index (κ1) is 23.2. The average Bonchev–Trinajstić information content (AvgIpc) is 2.58. The molecule has 0 fully saturated rings. The summed E-state index contributed by atoms with van der Waals surface area (Å²) >= 11 is 0. The van der Waals surface area contributed by atoms with Crippen LogP contribution in [-0.2, 0) is 9.53 Å². The molecule has 0 aromatic carbocycles. The molecule has 0 N–H and O–H groups in total. The van der Waals surface area contributed by atoms with Crippen molar-refractivity contribution in [3.8, 4) is 0 Å². The van der Waals surface area contributed by atoms with Gasteiger partial charge in [-0.3, -0.25) is 4.79 Å². The van der Waals surface area contributed by atoms with Crippen molar-refractivity contribution in [1.82, 2.24) is 0 Å². The quantitative estimate of drug-likeness (QED) is 0.148. The van der Waals surface area contributed by atoms with Gasteiger partial charge in [0.05, 0.1) is 6.61 Å². The number of hydrogen-bond donors (Lipinski definition) is 0. The summed E-state index contributed by atoms with van der Waals surface area (Å²) in [6.07, 6.45) is 25.0. The van der Waals surface area contributed by atoms with Crippen LogP contribution >= 0.6 is 0 Å². The smallest absolute Gasteiger partial charge is 0.305 e. The maximum absolute atomic E-state index is 11.2. The summed E-state index contributed by atoms with van der Waals surface area (Å²) in [6, 6.07) is 0. The highest BCUT2D eigenvalue weighted by molar-refractivity contribution is 5.69. The molecule has 0 aliphatic heterocycles. The molecular weight excluding hydrogens is 296 g/mol. The fourth-order valence-corrected chi connectivity index (χ4v) is 2.99. The summed E-state index contributed by atoms with van der Waals surface area (Å²) in [6.45, 7) is 4.57. The largest absolute Gasteiger partial charge is 0.466 e. The average molecular weight is 339 g/mol. The highest BCUT2D eigenvalue weighted by Gasteiger charge is 2.00. The monoisotopic (exact) mass is 338 g/mol. The Bertz CT molecular complexity index is 284. The molecule has 0 aromatic rings. The molecular formula is C22H42O2. The van der Waals surface area contributed by atoms with E-state index in [9.17, 15) is 4.79 Å². The molecule has 0 heterocycles. The van der Waals surface area contributed by atoms with Gasteiger partial charge in [0.25, 0.3) is 0 Å². The summed E-state index contributed by atoms with van der Waals surface area (Å²) in [5.74, 6) is -0.0325. The highest BCUT2D eigenvalue weighted by atomic mass is 16.5. The van der Waals surface area contributed by atoms with Crippen molar-refractivity contribution < 1.29 is 9.53 Å². The predicted octanol–water partition coefficient (Wildman–Crippen LogP) is 7.37. The van der Waals surface area contributed by atoms with Crippen LogP contribution in [0.4, 0.5) is 0 Å². The summed E-state index contributed by atoms with van der Waals surface area (Å²) in [7, 11) is 0. The standard InChI is InChI=1S/C22H42O2/c1-3-5-6-7-8-9-10-11-12-13-14-15-16-17-18-19-20-21-22(23)24-4-2/h5-6H,3-4,7-21H2,1-2H3/b6-5-. The Morgan fingerprint density at radius 1 is 0.667 bits per heavy atom. The van der Waals surface area contributed by atoms with Crippen molar-refractivity contribution >= 4 is 5.97 Å². The minimum Gasteiger partial charge on any atom is -0.466 e. The minimum atomic E-state index is -0.0325. The van der Waals surface area contributed by atoms with Gasteiger partial charge < -0.3 is 4.74 Å². The van der Waals surface area contributed by atoms with Gasteiger partial charge >= 0.3 is 5.97 Å². The second-order valence-electron chi connectivity index (χ2n) is 6.82. The number of allylic oxidation sites excluding steroid dienone is 2. The molecule has 0 atom stereocenters. The maximum atomic E-state index is 11.2. The third kappa shape index (κ3) is 19.3. The van der Waals surface area contributed by atoms with Crippen LogP contribution in [0.15, 0.2) is 12.2 Å². The van der Waals surface area contributed by atoms with Gasteiger partial charge in [0.15, 0.2) is 0 Å². The lowest BCUT2D eigenvalue weighted by Crippen LogP contribution is -2.03. The Labute approximate surface area is 151 Å². The van der Waals surface area contributed by atoms with Crippen LogP contribution in [-0.4, -0.2) is 12.6 Å². The van der Waals surface area contributed by atoms with Gasteiger partial charge in [-0.1, -0.05) is 89.7 Å². The summed E-state index contributed by atoms with van der Waals surface area (Å²) in [4.78, 5) is 11.2. The van der Waals surface area contributed by atoms with E-state index in [0.717, 1.165) is 6.42 Å². The van der Waals surface area contributed by atoms with E-state index in [1.807, 2.05) is 6.92 Å². The van der Waals surface area contributed by atoms with E-state index in [4.69, 9.17) is 4.74 Å². The van der Waals surface area contributed by atoms with Crippen molar-refractivity contribution in [2.24, 2.45) is 0 Å². The zero-order valence-corrected chi connectivity index (χ0v) is 16.5. The molecule has 24 heavy (non-hydrogen) atoms. The molecule has 142 valence electrons. The number of rotatable bonds is 18. The molecule has 0 aliphatic rings. The first-order chi connectivity index (χ1) is 11.8. The SMILES string of the molecule is CC/C=C\CCCCCCCCCCCCCCCC(=O)OCC. The van der Waals surface area contributed by atoms with Crippen LogP contribution in [0.1, 0.15) is 117 Å². The van der Waals surface area contributed by atoms with Crippen LogP contribution in [0.25, 0.3) is 0 Å². The zero-order valence-electron chi connectivity index (χ0n) is 16.5. The van der Waals surface area contributed by atoms with Crippen LogP contribution in [0, 0.1) is 0 Å². The summed E-state index contributed by atoms with van der Waals surface area (Å²) in [5.41, 5.74) is 0. The molecule has 2 heteroatoms. The number of hydrogen-bond acceptors (Lipinski definition) is 2. The molecule has 0 saturated carbocycles. The highest BCUT2D eigenvalue weighted by Crippen LogP contribution is 2.13.